The number of carbonyl (C=O) groups excluding carboxylic acids is 1. The lowest BCUT2D eigenvalue weighted by atomic mass is 9.97. The summed E-state index contributed by atoms with van der Waals surface area (Å²) in [6.45, 7) is 3.07. The Bertz CT molecular complexity index is 387. The van der Waals surface area contributed by atoms with E-state index >= 15 is 0 Å². The Morgan fingerprint density at radius 2 is 1.89 bits per heavy atom. The number of likely N-dealkylation sites (N-methyl/N-ethyl adjacent to an activating group) is 1. The molecule has 0 bridgehead atoms. The van der Waals surface area contributed by atoms with E-state index in [9.17, 15) is 14.7 Å². The predicted molar refractivity (Wildman–Crippen MR) is 67.4 cm³/mol. The fourth-order valence-electron chi connectivity index (χ4n) is 3.79. The highest BCUT2D eigenvalue weighted by molar-refractivity contribution is 5.81. The fraction of sp³-hybridized carbons (Fsp3) is 0.857. The molecule has 0 spiro atoms. The lowest BCUT2D eigenvalue weighted by Gasteiger charge is -2.31. The SMILES string of the molecule is CCN(C(=O)C1CC2CC2C1)C1COCC1C(=O)O. The Labute approximate surface area is 112 Å². The molecule has 4 atom stereocenters. The second-order valence-corrected chi connectivity index (χ2v) is 6.10. The molecule has 3 rings (SSSR count). The first kappa shape index (κ1) is 12.9. The van der Waals surface area contributed by atoms with Crippen molar-refractivity contribution in [2.75, 3.05) is 19.8 Å². The number of rotatable bonds is 4. The zero-order valence-corrected chi connectivity index (χ0v) is 11.2. The largest absolute Gasteiger partial charge is 0.481 e. The maximum Gasteiger partial charge on any atom is 0.311 e. The van der Waals surface area contributed by atoms with Gasteiger partial charge in [-0.25, -0.2) is 0 Å². The number of ether oxygens (including phenoxy) is 1. The summed E-state index contributed by atoms with van der Waals surface area (Å²) in [5.74, 6) is 0.378. The maximum absolute atomic E-state index is 12.6. The van der Waals surface area contributed by atoms with E-state index < -0.39 is 11.9 Å². The van der Waals surface area contributed by atoms with Crippen LogP contribution in [0.25, 0.3) is 0 Å². The highest BCUT2D eigenvalue weighted by Gasteiger charge is 2.50. The van der Waals surface area contributed by atoms with E-state index in [1.807, 2.05) is 6.92 Å². The van der Waals surface area contributed by atoms with Crippen molar-refractivity contribution in [1.29, 1.82) is 0 Å². The van der Waals surface area contributed by atoms with Crippen LogP contribution in [-0.2, 0) is 14.3 Å². The molecule has 0 aromatic rings. The van der Waals surface area contributed by atoms with Crippen molar-refractivity contribution in [3.05, 3.63) is 0 Å². The molecule has 4 unspecified atom stereocenters. The Morgan fingerprint density at radius 3 is 2.47 bits per heavy atom. The highest BCUT2D eigenvalue weighted by Crippen LogP contribution is 2.54. The first-order chi connectivity index (χ1) is 9.11. The second kappa shape index (κ2) is 4.78. The summed E-state index contributed by atoms with van der Waals surface area (Å²) in [7, 11) is 0. The average molecular weight is 267 g/mol. The van der Waals surface area contributed by atoms with E-state index in [1.165, 1.54) is 6.42 Å². The number of carboxylic acid groups (broad SMARTS) is 1. The molecule has 5 heteroatoms. The van der Waals surface area contributed by atoms with E-state index in [4.69, 9.17) is 4.74 Å². The molecule has 1 amide bonds. The normalized spacial score (nSPS) is 39.9. The molecule has 0 radical (unpaired) electrons. The van der Waals surface area contributed by atoms with E-state index in [0.29, 0.717) is 13.2 Å². The molecular formula is C14H21NO4. The predicted octanol–water partition coefficient (Wildman–Crippen LogP) is 0.981. The smallest absolute Gasteiger partial charge is 0.311 e. The Morgan fingerprint density at radius 1 is 1.21 bits per heavy atom. The third-order valence-corrected chi connectivity index (χ3v) is 4.98. The number of hydrogen-bond acceptors (Lipinski definition) is 3. The van der Waals surface area contributed by atoms with Gasteiger partial charge >= 0.3 is 5.97 Å². The third-order valence-electron chi connectivity index (χ3n) is 4.98. The summed E-state index contributed by atoms with van der Waals surface area (Å²) in [5, 5.41) is 9.21. The lowest BCUT2D eigenvalue weighted by Crippen LogP contribution is -2.48. The van der Waals surface area contributed by atoms with Gasteiger partial charge in [0.25, 0.3) is 0 Å². The van der Waals surface area contributed by atoms with Crippen LogP contribution in [0, 0.1) is 23.7 Å². The number of aliphatic carboxylic acids is 1. The highest BCUT2D eigenvalue weighted by atomic mass is 16.5. The van der Waals surface area contributed by atoms with Gasteiger partial charge in [0.05, 0.1) is 19.3 Å². The van der Waals surface area contributed by atoms with E-state index in [2.05, 4.69) is 0 Å². The molecule has 1 N–H and O–H groups in total. The monoisotopic (exact) mass is 267 g/mol. The Kier molecular flexibility index (Phi) is 3.25. The second-order valence-electron chi connectivity index (χ2n) is 6.10. The number of carboxylic acids is 1. The van der Waals surface area contributed by atoms with E-state index in [1.54, 1.807) is 4.90 Å². The maximum atomic E-state index is 12.6. The van der Waals surface area contributed by atoms with Crippen LogP contribution in [-0.4, -0.2) is 47.7 Å². The molecule has 1 aliphatic heterocycles. The van der Waals surface area contributed by atoms with Crippen molar-refractivity contribution in [3.63, 3.8) is 0 Å². The van der Waals surface area contributed by atoms with E-state index in [-0.39, 0.29) is 24.5 Å². The molecule has 2 aliphatic carbocycles. The van der Waals surface area contributed by atoms with Crippen LogP contribution in [0.1, 0.15) is 26.2 Å². The van der Waals surface area contributed by atoms with Crippen LogP contribution in [0.15, 0.2) is 0 Å². The lowest BCUT2D eigenvalue weighted by molar-refractivity contribution is -0.146. The fourth-order valence-corrected chi connectivity index (χ4v) is 3.79. The van der Waals surface area contributed by atoms with Crippen LogP contribution < -0.4 is 0 Å². The van der Waals surface area contributed by atoms with Crippen molar-refractivity contribution in [1.82, 2.24) is 4.90 Å². The molecule has 1 saturated heterocycles. The van der Waals surface area contributed by atoms with Gasteiger partial charge in [-0.15, -0.1) is 0 Å². The number of carbonyl (C=O) groups is 2. The van der Waals surface area contributed by atoms with Crippen LogP contribution in [0.4, 0.5) is 0 Å². The van der Waals surface area contributed by atoms with Gasteiger partial charge in [-0.2, -0.15) is 0 Å². The third kappa shape index (κ3) is 2.24. The van der Waals surface area contributed by atoms with Gasteiger partial charge in [0.15, 0.2) is 0 Å². The molecule has 3 aliphatic rings. The summed E-state index contributed by atoms with van der Waals surface area (Å²) < 4.78 is 5.28. The molecule has 106 valence electrons. The van der Waals surface area contributed by atoms with Crippen LogP contribution >= 0.6 is 0 Å². The first-order valence-corrected chi connectivity index (χ1v) is 7.22. The zero-order valence-electron chi connectivity index (χ0n) is 11.2. The van der Waals surface area contributed by atoms with Crippen LogP contribution in [0.3, 0.4) is 0 Å². The summed E-state index contributed by atoms with van der Waals surface area (Å²) in [4.78, 5) is 25.5. The van der Waals surface area contributed by atoms with Crippen molar-refractivity contribution >= 4 is 11.9 Å². The average Bonchev–Trinajstić information content (AvgIpc) is 2.82. The van der Waals surface area contributed by atoms with Gasteiger partial charge < -0.3 is 14.7 Å². The van der Waals surface area contributed by atoms with Gasteiger partial charge in [0, 0.05) is 12.5 Å². The number of hydrogen-bond donors (Lipinski definition) is 1. The van der Waals surface area contributed by atoms with Crippen molar-refractivity contribution in [2.24, 2.45) is 23.7 Å². The topological polar surface area (TPSA) is 66.8 Å². The molecule has 3 fully saturated rings. The minimum absolute atomic E-state index is 0.124. The van der Waals surface area contributed by atoms with Crippen LogP contribution in [0.2, 0.25) is 0 Å². The van der Waals surface area contributed by atoms with Crippen molar-refractivity contribution in [2.45, 2.75) is 32.2 Å². The van der Waals surface area contributed by atoms with Gasteiger partial charge in [-0.3, -0.25) is 9.59 Å². The van der Waals surface area contributed by atoms with Crippen molar-refractivity contribution < 1.29 is 19.4 Å². The first-order valence-electron chi connectivity index (χ1n) is 7.22. The summed E-state index contributed by atoms with van der Waals surface area (Å²) >= 11 is 0. The van der Waals surface area contributed by atoms with Crippen molar-refractivity contribution in [3.8, 4) is 0 Å². The van der Waals surface area contributed by atoms with Gasteiger partial charge in [-0.05, 0) is 38.0 Å². The standard InChI is InChI=1S/C14H21NO4/c1-2-15(12-7-19-6-11(12)14(17)18)13(16)10-4-8-3-9(8)5-10/h8-12H,2-7H2,1H3,(H,17,18). The quantitative estimate of drug-likeness (QED) is 0.824. The number of nitrogens with zero attached hydrogens (tertiary/aromatic N) is 1. The van der Waals surface area contributed by atoms with Gasteiger partial charge in [0.1, 0.15) is 5.92 Å². The van der Waals surface area contributed by atoms with Crippen LogP contribution in [0.5, 0.6) is 0 Å². The minimum Gasteiger partial charge on any atom is -0.481 e. The van der Waals surface area contributed by atoms with Gasteiger partial charge in [-0.1, -0.05) is 0 Å². The molecular weight excluding hydrogens is 246 g/mol. The molecule has 0 aromatic heterocycles. The number of fused-ring (bicyclic) bond motifs is 1. The summed E-state index contributed by atoms with van der Waals surface area (Å²) in [6, 6.07) is -0.285. The molecule has 0 aromatic carbocycles. The Balaban J connectivity index is 1.69. The Hall–Kier alpha value is -1.10. The molecule has 1 heterocycles. The summed E-state index contributed by atoms with van der Waals surface area (Å²) in [6.07, 6.45) is 3.30. The zero-order chi connectivity index (χ0) is 13.6. The minimum atomic E-state index is -0.858. The van der Waals surface area contributed by atoms with Gasteiger partial charge in [0.2, 0.25) is 5.91 Å². The summed E-state index contributed by atoms with van der Waals surface area (Å²) in [5.41, 5.74) is 0. The van der Waals surface area contributed by atoms with E-state index in [0.717, 1.165) is 24.7 Å². The molecule has 19 heavy (non-hydrogen) atoms. The molecule has 5 nitrogen and oxygen atoms in total. The molecule has 2 saturated carbocycles. The number of amides is 1.